The van der Waals surface area contributed by atoms with Crippen molar-refractivity contribution in [1.29, 1.82) is 0 Å². The number of aryl methyl sites for hydroxylation is 2. The number of para-hydroxylation sites is 2. The van der Waals surface area contributed by atoms with E-state index in [1.165, 1.54) is 0 Å². The average molecular weight is 326 g/mol. The maximum absolute atomic E-state index is 12.3. The van der Waals surface area contributed by atoms with Gasteiger partial charge in [-0.05, 0) is 37.6 Å². The Morgan fingerprint density at radius 3 is 2.67 bits per heavy atom. The summed E-state index contributed by atoms with van der Waals surface area (Å²) in [4.78, 5) is 24.4. The van der Waals surface area contributed by atoms with Gasteiger partial charge in [-0.25, -0.2) is 4.79 Å². The third kappa shape index (κ3) is 3.40. The molecule has 24 heavy (non-hydrogen) atoms. The molecule has 1 aliphatic heterocycles. The van der Waals surface area contributed by atoms with Gasteiger partial charge in [0, 0.05) is 5.56 Å². The molecule has 5 nitrogen and oxygen atoms in total. The molecule has 0 spiro atoms. The van der Waals surface area contributed by atoms with Gasteiger partial charge in [-0.15, -0.1) is 0 Å². The van der Waals surface area contributed by atoms with Crippen LogP contribution in [0.2, 0.25) is 0 Å². The number of esters is 1. The number of benzene rings is 2. The van der Waals surface area contributed by atoms with Crippen LogP contribution in [0.3, 0.4) is 0 Å². The van der Waals surface area contributed by atoms with Crippen LogP contribution in [0.15, 0.2) is 42.5 Å². The van der Waals surface area contributed by atoms with E-state index in [0.29, 0.717) is 17.1 Å². The number of rotatable bonds is 4. The number of carbonyl (C=O) groups is 2. The van der Waals surface area contributed by atoms with Gasteiger partial charge in [0.15, 0.2) is 18.1 Å². The van der Waals surface area contributed by atoms with Gasteiger partial charge in [0.1, 0.15) is 6.61 Å². The molecular weight excluding hydrogens is 308 g/mol. The molecule has 124 valence electrons. The highest BCUT2D eigenvalue weighted by Crippen LogP contribution is 2.31. The number of ether oxygens (including phenoxy) is 3. The first-order chi connectivity index (χ1) is 11.5. The zero-order valence-corrected chi connectivity index (χ0v) is 13.6. The van der Waals surface area contributed by atoms with Crippen molar-refractivity contribution in [3.63, 3.8) is 0 Å². The van der Waals surface area contributed by atoms with Crippen LogP contribution in [0.4, 0.5) is 0 Å². The van der Waals surface area contributed by atoms with Crippen LogP contribution in [0, 0.1) is 13.8 Å². The Morgan fingerprint density at radius 1 is 1.12 bits per heavy atom. The minimum atomic E-state index is -0.869. The molecular formula is C19H18O5. The molecule has 0 amide bonds. The van der Waals surface area contributed by atoms with Crippen LogP contribution in [0.5, 0.6) is 11.5 Å². The fourth-order valence-corrected chi connectivity index (χ4v) is 2.48. The van der Waals surface area contributed by atoms with E-state index < -0.39 is 12.1 Å². The summed E-state index contributed by atoms with van der Waals surface area (Å²) in [5, 5.41) is 0. The van der Waals surface area contributed by atoms with Gasteiger partial charge in [0.2, 0.25) is 11.9 Å². The van der Waals surface area contributed by atoms with Crippen molar-refractivity contribution in [2.45, 2.75) is 20.0 Å². The lowest BCUT2D eigenvalue weighted by atomic mass is 10.0. The maximum Gasteiger partial charge on any atom is 0.351 e. The molecule has 0 N–H and O–H groups in total. The van der Waals surface area contributed by atoms with Gasteiger partial charge in [-0.2, -0.15) is 0 Å². The zero-order valence-electron chi connectivity index (χ0n) is 13.6. The van der Waals surface area contributed by atoms with Crippen molar-refractivity contribution < 1.29 is 23.8 Å². The molecule has 0 saturated carbocycles. The first kappa shape index (κ1) is 16.1. The molecule has 0 saturated heterocycles. The molecule has 1 unspecified atom stereocenters. The number of hydrogen-bond donors (Lipinski definition) is 0. The molecule has 1 aliphatic rings. The van der Waals surface area contributed by atoms with Crippen LogP contribution in [0.25, 0.3) is 0 Å². The van der Waals surface area contributed by atoms with Crippen molar-refractivity contribution in [1.82, 2.24) is 0 Å². The van der Waals surface area contributed by atoms with Gasteiger partial charge >= 0.3 is 5.97 Å². The SMILES string of the molecule is Cc1ccc(C)c(C(=O)COC(=O)C2COc3ccccc3O2)c1. The Kier molecular flexibility index (Phi) is 4.51. The van der Waals surface area contributed by atoms with Crippen LogP contribution < -0.4 is 9.47 Å². The normalized spacial score (nSPS) is 15.7. The van der Waals surface area contributed by atoms with Crippen molar-refractivity contribution in [3.05, 3.63) is 59.2 Å². The maximum atomic E-state index is 12.3. The zero-order chi connectivity index (χ0) is 17.1. The Morgan fingerprint density at radius 2 is 1.88 bits per heavy atom. The average Bonchev–Trinajstić information content (AvgIpc) is 2.61. The highest BCUT2D eigenvalue weighted by molar-refractivity contribution is 5.99. The molecule has 0 aromatic heterocycles. The Labute approximate surface area is 140 Å². The molecule has 0 radical (unpaired) electrons. The second-order valence-electron chi connectivity index (χ2n) is 5.71. The monoisotopic (exact) mass is 326 g/mol. The fraction of sp³-hybridized carbons (Fsp3) is 0.263. The number of ketones is 1. The summed E-state index contributed by atoms with van der Waals surface area (Å²) in [6, 6.07) is 12.7. The van der Waals surface area contributed by atoms with E-state index >= 15 is 0 Å². The molecule has 0 aliphatic carbocycles. The predicted octanol–water partition coefficient (Wildman–Crippen LogP) is 2.87. The van der Waals surface area contributed by atoms with E-state index in [1.54, 1.807) is 24.3 Å². The van der Waals surface area contributed by atoms with Crippen molar-refractivity contribution in [3.8, 4) is 11.5 Å². The van der Waals surface area contributed by atoms with E-state index in [2.05, 4.69) is 0 Å². The topological polar surface area (TPSA) is 61.8 Å². The number of carbonyl (C=O) groups excluding carboxylic acids is 2. The summed E-state index contributed by atoms with van der Waals surface area (Å²) < 4.78 is 16.2. The fourth-order valence-electron chi connectivity index (χ4n) is 2.48. The minimum absolute atomic E-state index is 0.0630. The van der Waals surface area contributed by atoms with Crippen LogP contribution >= 0.6 is 0 Å². The minimum Gasteiger partial charge on any atom is -0.485 e. The van der Waals surface area contributed by atoms with Gasteiger partial charge in [-0.3, -0.25) is 4.79 Å². The molecule has 2 aromatic rings. The van der Waals surface area contributed by atoms with E-state index in [0.717, 1.165) is 11.1 Å². The standard InChI is InChI=1S/C19H18O5/c1-12-7-8-13(2)14(9-12)15(20)10-23-19(21)18-11-22-16-5-3-4-6-17(16)24-18/h3-9,18H,10-11H2,1-2H3. The van der Waals surface area contributed by atoms with Crippen LogP contribution in [-0.4, -0.2) is 31.1 Å². The van der Waals surface area contributed by atoms with Gasteiger partial charge in [0.25, 0.3) is 0 Å². The van der Waals surface area contributed by atoms with Crippen molar-refractivity contribution >= 4 is 11.8 Å². The lowest BCUT2D eigenvalue weighted by Gasteiger charge is -2.24. The highest BCUT2D eigenvalue weighted by Gasteiger charge is 2.29. The number of fused-ring (bicyclic) bond motifs is 1. The predicted molar refractivity (Wildman–Crippen MR) is 87.6 cm³/mol. The lowest BCUT2D eigenvalue weighted by molar-refractivity contribution is -0.153. The molecule has 5 heteroatoms. The van der Waals surface area contributed by atoms with E-state index in [9.17, 15) is 9.59 Å². The molecule has 0 fully saturated rings. The summed E-state index contributed by atoms with van der Waals surface area (Å²) in [5.41, 5.74) is 2.40. The summed E-state index contributed by atoms with van der Waals surface area (Å²) >= 11 is 0. The van der Waals surface area contributed by atoms with Crippen LogP contribution in [-0.2, 0) is 9.53 Å². The van der Waals surface area contributed by atoms with E-state index in [1.807, 2.05) is 32.0 Å². The molecule has 3 rings (SSSR count). The third-order valence-electron chi connectivity index (χ3n) is 3.81. The van der Waals surface area contributed by atoms with E-state index in [4.69, 9.17) is 14.2 Å². The van der Waals surface area contributed by atoms with Crippen molar-refractivity contribution in [2.24, 2.45) is 0 Å². The van der Waals surface area contributed by atoms with Gasteiger partial charge in [0.05, 0.1) is 0 Å². The van der Waals surface area contributed by atoms with Crippen LogP contribution in [0.1, 0.15) is 21.5 Å². The van der Waals surface area contributed by atoms with Gasteiger partial charge < -0.3 is 14.2 Å². The summed E-state index contributed by atoms with van der Waals surface area (Å²) in [5.74, 6) is 0.240. The molecule has 2 aromatic carbocycles. The van der Waals surface area contributed by atoms with Gasteiger partial charge in [-0.1, -0.05) is 29.8 Å². The second-order valence-corrected chi connectivity index (χ2v) is 5.71. The lowest BCUT2D eigenvalue weighted by Crippen LogP contribution is -2.38. The smallest absolute Gasteiger partial charge is 0.351 e. The Bertz CT molecular complexity index is 781. The highest BCUT2D eigenvalue weighted by atomic mass is 16.6. The second kappa shape index (κ2) is 6.74. The number of Topliss-reactive ketones (excluding diaryl/α,β-unsaturated/α-hetero) is 1. The summed E-state index contributed by atoms with van der Waals surface area (Å²) in [6.07, 6.45) is -0.869. The summed E-state index contributed by atoms with van der Waals surface area (Å²) in [7, 11) is 0. The molecule has 0 bridgehead atoms. The first-order valence-electron chi connectivity index (χ1n) is 7.70. The molecule has 1 atom stereocenters. The third-order valence-corrected chi connectivity index (χ3v) is 3.81. The first-order valence-corrected chi connectivity index (χ1v) is 7.70. The Hall–Kier alpha value is -2.82. The summed E-state index contributed by atoms with van der Waals surface area (Å²) in [6.45, 7) is 3.51. The quantitative estimate of drug-likeness (QED) is 0.638. The molecule has 1 heterocycles. The van der Waals surface area contributed by atoms with Crippen molar-refractivity contribution in [2.75, 3.05) is 13.2 Å². The Balaban J connectivity index is 1.60. The van der Waals surface area contributed by atoms with E-state index in [-0.39, 0.29) is 19.0 Å². The largest absolute Gasteiger partial charge is 0.485 e. The number of hydrogen-bond acceptors (Lipinski definition) is 5.